The van der Waals surface area contributed by atoms with Crippen LogP contribution in [0.25, 0.3) is 0 Å². The van der Waals surface area contributed by atoms with E-state index in [1.165, 1.54) is 0 Å². The largest absolute Gasteiger partial charge is 0.409 e. The van der Waals surface area contributed by atoms with Gasteiger partial charge >= 0.3 is 0 Å². The van der Waals surface area contributed by atoms with Crippen LogP contribution in [0.4, 0.5) is 0 Å². The van der Waals surface area contributed by atoms with Crippen molar-refractivity contribution in [3.8, 4) is 0 Å². The molecule has 0 fully saturated rings. The van der Waals surface area contributed by atoms with Gasteiger partial charge in [0.05, 0.1) is 5.56 Å². The van der Waals surface area contributed by atoms with E-state index in [-0.39, 0.29) is 17.7 Å². The molecule has 0 aliphatic rings. The maximum atomic E-state index is 12.3. The molecule has 0 radical (unpaired) electrons. The Kier molecular flexibility index (Phi) is 6.05. The maximum absolute atomic E-state index is 12.3. The Morgan fingerprint density at radius 2 is 2.26 bits per heavy atom. The number of amides is 1. The molecule has 0 heterocycles. The fraction of sp³-hybridized carbons (Fsp3) is 0.333. The lowest BCUT2D eigenvalue weighted by Gasteiger charge is -2.21. The van der Waals surface area contributed by atoms with Crippen molar-refractivity contribution in [2.24, 2.45) is 16.8 Å². The summed E-state index contributed by atoms with van der Waals surface area (Å²) in [7, 11) is 1.69. The SMILES string of the molecule is CC(CN(C)C(=O)c1cc(I)ccc1Br)/C(N)=N/O. The first-order chi connectivity index (χ1) is 8.86. The third kappa shape index (κ3) is 4.34. The number of nitrogens with two attached hydrogens (primary N) is 1. The summed E-state index contributed by atoms with van der Waals surface area (Å²) in [6, 6.07) is 5.58. The number of amidine groups is 1. The molecule has 104 valence electrons. The summed E-state index contributed by atoms with van der Waals surface area (Å²) < 4.78 is 1.74. The van der Waals surface area contributed by atoms with Crippen LogP contribution in [0.15, 0.2) is 27.8 Å². The second-order valence-electron chi connectivity index (χ2n) is 4.24. The number of benzene rings is 1. The quantitative estimate of drug-likeness (QED) is 0.249. The first kappa shape index (κ1) is 16.2. The molecule has 3 N–H and O–H groups in total. The Morgan fingerprint density at radius 1 is 1.63 bits per heavy atom. The Morgan fingerprint density at radius 3 is 2.84 bits per heavy atom. The molecule has 1 atom stereocenters. The van der Waals surface area contributed by atoms with E-state index in [1.807, 2.05) is 18.2 Å². The number of nitrogens with zero attached hydrogens (tertiary/aromatic N) is 2. The van der Waals surface area contributed by atoms with Crippen LogP contribution < -0.4 is 5.73 Å². The van der Waals surface area contributed by atoms with Gasteiger partial charge in [-0.05, 0) is 56.7 Å². The van der Waals surface area contributed by atoms with Crippen molar-refractivity contribution in [2.45, 2.75) is 6.92 Å². The van der Waals surface area contributed by atoms with Gasteiger partial charge in [0.2, 0.25) is 0 Å². The zero-order valence-electron chi connectivity index (χ0n) is 10.6. The standard InChI is InChI=1S/C12H15BrIN3O2/c1-7(11(15)16-19)6-17(2)12(18)9-5-8(14)3-4-10(9)13/h3-5,7,19H,6H2,1-2H3,(H2,15,16). The van der Waals surface area contributed by atoms with Crippen molar-refractivity contribution in [3.05, 3.63) is 31.8 Å². The molecule has 1 aromatic rings. The molecule has 1 aromatic carbocycles. The van der Waals surface area contributed by atoms with E-state index in [2.05, 4.69) is 43.7 Å². The summed E-state index contributed by atoms with van der Waals surface area (Å²) in [4.78, 5) is 13.9. The van der Waals surface area contributed by atoms with Gasteiger partial charge in [0.15, 0.2) is 0 Å². The third-order valence-corrected chi connectivity index (χ3v) is 4.04. The summed E-state index contributed by atoms with van der Waals surface area (Å²) in [5.41, 5.74) is 6.11. The molecular formula is C12H15BrIN3O2. The van der Waals surface area contributed by atoms with Crippen molar-refractivity contribution in [3.63, 3.8) is 0 Å². The van der Waals surface area contributed by atoms with Gasteiger partial charge in [-0.2, -0.15) is 0 Å². The Balaban J connectivity index is 2.85. The first-order valence-corrected chi connectivity index (χ1v) is 7.42. The molecule has 0 saturated carbocycles. The van der Waals surface area contributed by atoms with E-state index in [4.69, 9.17) is 10.9 Å². The van der Waals surface area contributed by atoms with Crippen LogP contribution in [-0.4, -0.2) is 35.4 Å². The summed E-state index contributed by atoms with van der Waals surface area (Å²) in [5.74, 6) is -0.204. The number of hydrogen-bond donors (Lipinski definition) is 2. The van der Waals surface area contributed by atoms with Gasteiger partial charge in [0.1, 0.15) is 5.84 Å². The summed E-state index contributed by atoms with van der Waals surface area (Å²) >= 11 is 5.53. The zero-order chi connectivity index (χ0) is 14.6. The highest BCUT2D eigenvalue weighted by Gasteiger charge is 2.18. The highest BCUT2D eigenvalue weighted by atomic mass is 127. The monoisotopic (exact) mass is 439 g/mol. The number of oxime groups is 1. The van der Waals surface area contributed by atoms with Crippen LogP contribution in [0, 0.1) is 9.49 Å². The van der Waals surface area contributed by atoms with Crippen molar-refractivity contribution in [1.29, 1.82) is 0 Å². The van der Waals surface area contributed by atoms with E-state index in [1.54, 1.807) is 18.9 Å². The minimum absolute atomic E-state index is 0.108. The average Bonchev–Trinajstić information content (AvgIpc) is 2.39. The molecular weight excluding hydrogens is 425 g/mol. The molecule has 0 saturated heterocycles. The lowest BCUT2D eigenvalue weighted by atomic mass is 10.1. The predicted molar refractivity (Wildman–Crippen MR) is 86.4 cm³/mol. The van der Waals surface area contributed by atoms with Gasteiger partial charge in [-0.25, -0.2) is 0 Å². The van der Waals surface area contributed by atoms with Crippen molar-refractivity contribution in [1.82, 2.24) is 4.90 Å². The van der Waals surface area contributed by atoms with Crippen LogP contribution >= 0.6 is 38.5 Å². The van der Waals surface area contributed by atoms with Crippen LogP contribution in [0.2, 0.25) is 0 Å². The first-order valence-electron chi connectivity index (χ1n) is 5.54. The molecule has 0 aliphatic carbocycles. The van der Waals surface area contributed by atoms with E-state index in [0.29, 0.717) is 12.1 Å². The molecule has 1 amide bonds. The van der Waals surface area contributed by atoms with Gasteiger partial charge in [0, 0.05) is 27.6 Å². The Bertz CT molecular complexity index is 508. The third-order valence-electron chi connectivity index (χ3n) is 2.67. The minimum Gasteiger partial charge on any atom is -0.409 e. The van der Waals surface area contributed by atoms with Crippen LogP contribution in [0.1, 0.15) is 17.3 Å². The molecule has 1 unspecified atom stereocenters. The van der Waals surface area contributed by atoms with E-state index < -0.39 is 0 Å². The summed E-state index contributed by atoms with van der Waals surface area (Å²) in [6.07, 6.45) is 0. The maximum Gasteiger partial charge on any atom is 0.254 e. The number of halogens is 2. The lowest BCUT2D eigenvalue weighted by Crippen LogP contribution is -2.36. The van der Waals surface area contributed by atoms with Gasteiger partial charge in [0.25, 0.3) is 5.91 Å². The van der Waals surface area contributed by atoms with Gasteiger partial charge < -0.3 is 15.8 Å². The Hall–Kier alpha value is -0.830. The average molecular weight is 440 g/mol. The molecule has 0 aliphatic heterocycles. The van der Waals surface area contributed by atoms with Crippen molar-refractivity contribution < 1.29 is 10.0 Å². The zero-order valence-corrected chi connectivity index (χ0v) is 14.3. The second kappa shape index (κ2) is 7.09. The topological polar surface area (TPSA) is 78.9 Å². The fourth-order valence-electron chi connectivity index (χ4n) is 1.55. The molecule has 7 heteroatoms. The van der Waals surface area contributed by atoms with Crippen LogP contribution in [0.3, 0.4) is 0 Å². The highest BCUT2D eigenvalue weighted by molar-refractivity contribution is 14.1. The molecule has 1 rings (SSSR count). The number of carbonyl (C=O) groups excluding carboxylic acids is 1. The van der Waals surface area contributed by atoms with Crippen molar-refractivity contribution in [2.75, 3.05) is 13.6 Å². The van der Waals surface area contributed by atoms with E-state index in [9.17, 15) is 4.79 Å². The van der Waals surface area contributed by atoms with E-state index >= 15 is 0 Å². The smallest absolute Gasteiger partial charge is 0.254 e. The number of carbonyl (C=O) groups is 1. The number of rotatable bonds is 4. The van der Waals surface area contributed by atoms with Gasteiger partial charge in [-0.1, -0.05) is 12.1 Å². The van der Waals surface area contributed by atoms with Crippen LogP contribution in [0.5, 0.6) is 0 Å². The number of hydrogen-bond acceptors (Lipinski definition) is 3. The summed E-state index contributed by atoms with van der Waals surface area (Å²) in [6.45, 7) is 2.18. The Labute approximate surface area is 134 Å². The molecule has 5 nitrogen and oxygen atoms in total. The minimum atomic E-state index is -0.208. The lowest BCUT2D eigenvalue weighted by molar-refractivity contribution is 0.0785. The normalized spacial score (nSPS) is 13.2. The van der Waals surface area contributed by atoms with Gasteiger partial charge in [-0.15, -0.1) is 0 Å². The van der Waals surface area contributed by atoms with Crippen molar-refractivity contribution >= 4 is 50.3 Å². The molecule has 0 spiro atoms. The second-order valence-corrected chi connectivity index (χ2v) is 6.34. The highest BCUT2D eigenvalue weighted by Crippen LogP contribution is 2.21. The predicted octanol–water partition coefficient (Wildman–Crippen LogP) is 2.51. The van der Waals surface area contributed by atoms with E-state index in [0.717, 1.165) is 8.04 Å². The van der Waals surface area contributed by atoms with Gasteiger partial charge in [-0.3, -0.25) is 4.79 Å². The fourth-order valence-corrected chi connectivity index (χ4v) is 2.46. The van der Waals surface area contributed by atoms with Crippen LogP contribution in [-0.2, 0) is 0 Å². The molecule has 19 heavy (non-hydrogen) atoms. The molecule has 0 aromatic heterocycles. The molecule has 0 bridgehead atoms. The summed E-state index contributed by atoms with van der Waals surface area (Å²) in [5, 5.41) is 11.6.